The monoisotopic (exact) mass is 402 g/mol. The number of aryl methyl sites for hydroxylation is 1. The van der Waals surface area contributed by atoms with Gasteiger partial charge in [0.15, 0.2) is 0 Å². The molecule has 0 aliphatic heterocycles. The number of halogens is 2. The molecule has 1 heterocycles. The molecule has 2 amide bonds. The highest BCUT2D eigenvalue weighted by molar-refractivity contribution is 6.31. The number of benzene rings is 2. The van der Waals surface area contributed by atoms with Gasteiger partial charge in [-0.05, 0) is 30.3 Å². The summed E-state index contributed by atoms with van der Waals surface area (Å²) in [6.45, 7) is 1.66. The number of carbonyl (C=O) groups excluding carboxylic acids is 2. The number of anilines is 1. The molecule has 9 heteroatoms. The maximum Gasteiger partial charge on any atom is 0.251 e. The van der Waals surface area contributed by atoms with Crippen molar-refractivity contribution < 1.29 is 18.5 Å². The molecule has 3 aromatic rings. The molecule has 3 rings (SSSR count). The maximum absolute atomic E-state index is 13.1. The Morgan fingerprint density at radius 1 is 1.18 bits per heavy atom. The molecule has 0 fully saturated rings. The van der Waals surface area contributed by atoms with E-state index in [1.165, 1.54) is 12.1 Å². The molecule has 0 radical (unpaired) electrons. The van der Waals surface area contributed by atoms with Crippen molar-refractivity contribution in [2.75, 3.05) is 11.9 Å². The van der Waals surface area contributed by atoms with E-state index in [9.17, 15) is 14.0 Å². The molecular weight excluding hydrogens is 387 g/mol. The minimum absolute atomic E-state index is 0.102. The van der Waals surface area contributed by atoms with E-state index in [2.05, 4.69) is 20.8 Å². The summed E-state index contributed by atoms with van der Waals surface area (Å²) >= 11 is 5.66. The summed E-state index contributed by atoms with van der Waals surface area (Å²) in [6, 6.07) is 10.4. The molecule has 28 heavy (non-hydrogen) atoms. The van der Waals surface area contributed by atoms with Gasteiger partial charge in [-0.25, -0.2) is 4.39 Å². The molecule has 2 aromatic carbocycles. The smallest absolute Gasteiger partial charge is 0.251 e. The van der Waals surface area contributed by atoms with Gasteiger partial charge in [-0.15, -0.1) is 0 Å². The second-order valence-electron chi connectivity index (χ2n) is 5.80. The molecule has 0 aliphatic carbocycles. The Bertz CT molecular complexity index is 1000. The summed E-state index contributed by atoms with van der Waals surface area (Å²) in [4.78, 5) is 28.3. The Kier molecular flexibility index (Phi) is 6.00. The summed E-state index contributed by atoms with van der Waals surface area (Å²) in [5.41, 5.74) is 1.42. The topological polar surface area (TPSA) is 97.1 Å². The Labute approximate surface area is 164 Å². The second kappa shape index (κ2) is 8.62. The second-order valence-corrected chi connectivity index (χ2v) is 6.21. The van der Waals surface area contributed by atoms with Crippen molar-refractivity contribution in [1.29, 1.82) is 0 Å². The number of aromatic nitrogens is 2. The van der Waals surface area contributed by atoms with Crippen LogP contribution in [0.1, 0.15) is 23.2 Å². The van der Waals surface area contributed by atoms with Crippen molar-refractivity contribution in [3.8, 4) is 11.4 Å². The van der Waals surface area contributed by atoms with Crippen molar-refractivity contribution in [2.24, 2.45) is 0 Å². The Morgan fingerprint density at radius 3 is 2.57 bits per heavy atom. The maximum atomic E-state index is 13.1. The summed E-state index contributed by atoms with van der Waals surface area (Å²) < 4.78 is 18.2. The Hall–Kier alpha value is -3.26. The molecule has 0 bridgehead atoms. The largest absolute Gasteiger partial charge is 0.343 e. The van der Waals surface area contributed by atoms with Crippen LogP contribution in [0.25, 0.3) is 11.4 Å². The van der Waals surface area contributed by atoms with E-state index in [1.54, 1.807) is 24.3 Å². The van der Waals surface area contributed by atoms with Gasteiger partial charge < -0.3 is 15.2 Å². The van der Waals surface area contributed by atoms with E-state index >= 15 is 0 Å². The van der Waals surface area contributed by atoms with Crippen LogP contribution in [0.15, 0.2) is 47.0 Å². The predicted molar refractivity (Wildman–Crippen MR) is 101 cm³/mol. The van der Waals surface area contributed by atoms with Gasteiger partial charge in [0.2, 0.25) is 17.6 Å². The lowest BCUT2D eigenvalue weighted by atomic mass is 10.1. The number of hydrogen-bond acceptors (Lipinski definition) is 5. The lowest BCUT2D eigenvalue weighted by Gasteiger charge is -2.08. The average molecular weight is 403 g/mol. The fourth-order valence-corrected chi connectivity index (χ4v) is 2.51. The van der Waals surface area contributed by atoms with Crippen LogP contribution >= 0.6 is 11.6 Å². The number of nitrogens with zero attached hydrogens (tertiary/aromatic N) is 2. The highest BCUT2D eigenvalue weighted by atomic mass is 35.5. The van der Waals surface area contributed by atoms with E-state index in [4.69, 9.17) is 16.1 Å². The van der Waals surface area contributed by atoms with E-state index < -0.39 is 17.6 Å². The number of amides is 2. The molecule has 0 unspecified atom stereocenters. The normalized spacial score (nSPS) is 10.5. The average Bonchev–Trinajstić information content (AvgIpc) is 3.18. The third kappa shape index (κ3) is 4.72. The first-order valence-corrected chi connectivity index (χ1v) is 8.80. The van der Waals surface area contributed by atoms with E-state index in [-0.39, 0.29) is 11.6 Å². The van der Waals surface area contributed by atoms with Gasteiger partial charge in [0.05, 0.1) is 11.6 Å². The van der Waals surface area contributed by atoms with Crippen molar-refractivity contribution >= 4 is 29.1 Å². The van der Waals surface area contributed by atoms with Crippen molar-refractivity contribution in [1.82, 2.24) is 15.5 Å². The zero-order valence-electron chi connectivity index (χ0n) is 14.8. The van der Waals surface area contributed by atoms with Crippen molar-refractivity contribution in [3.05, 3.63) is 64.8 Å². The minimum Gasteiger partial charge on any atom is -0.343 e. The number of hydrogen-bond donors (Lipinski definition) is 2. The quantitative estimate of drug-likeness (QED) is 0.658. The highest BCUT2D eigenvalue weighted by Crippen LogP contribution is 2.19. The molecule has 0 atom stereocenters. The fourth-order valence-electron chi connectivity index (χ4n) is 2.33. The standard InChI is InChI=1S/C19H16ClFN4O3/c1-2-17-24-18(25-28-17)11-3-5-12(6-4-11)19(27)22-10-16(26)23-13-7-8-15(21)14(20)9-13/h3-9H,2,10H2,1H3,(H,22,27)(H,23,26). The van der Waals surface area contributed by atoms with Crippen LogP contribution in [0, 0.1) is 5.82 Å². The molecule has 144 valence electrons. The van der Waals surface area contributed by atoms with Crippen LogP contribution in [0.5, 0.6) is 0 Å². The number of nitrogens with one attached hydrogen (secondary N) is 2. The van der Waals surface area contributed by atoms with Crippen LogP contribution in [0.3, 0.4) is 0 Å². The fraction of sp³-hybridized carbons (Fsp3) is 0.158. The summed E-state index contributed by atoms with van der Waals surface area (Å²) in [7, 11) is 0. The van der Waals surface area contributed by atoms with Gasteiger partial charge in [-0.3, -0.25) is 9.59 Å². The third-order valence-electron chi connectivity index (χ3n) is 3.79. The zero-order chi connectivity index (χ0) is 20.1. The summed E-state index contributed by atoms with van der Waals surface area (Å²) in [6.07, 6.45) is 0.639. The van der Waals surface area contributed by atoms with Gasteiger partial charge in [0.1, 0.15) is 5.82 Å². The van der Waals surface area contributed by atoms with Crippen LogP contribution in [0.4, 0.5) is 10.1 Å². The van der Waals surface area contributed by atoms with Gasteiger partial charge in [-0.2, -0.15) is 4.98 Å². The number of carbonyl (C=O) groups is 2. The summed E-state index contributed by atoms with van der Waals surface area (Å²) in [5, 5.41) is 8.80. The van der Waals surface area contributed by atoms with E-state index in [0.717, 1.165) is 6.07 Å². The van der Waals surface area contributed by atoms with Gasteiger partial charge >= 0.3 is 0 Å². The van der Waals surface area contributed by atoms with Crippen LogP contribution in [-0.4, -0.2) is 28.5 Å². The molecular formula is C19H16ClFN4O3. The van der Waals surface area contributed by atoms with E-state index in [0.29, 0.717) is 35.0 Å². The van der Waals surface area contributed by atoms with Crippen LogP contribution in [-0.2, 0) is 11.2 Å². The Morgan fingerprint density at radius 2 is 1.93 bits per heavy atom. The Balaban J connectivity index is 1.55. The molecule has 0 saturated carbocycles. The zero-order valence-corrected chi connectivity index (χ0v) is 15.6. The van der Waals surface area contributed by atoms with Crippen LogP contribution in [0.2, 0.25) is 5.02 Å². The molecule has 2 N–H and O–H groups in total. The lowest BCUT2D eigenvalue weighted by molar-refractivity contribution is -0.115. The molecule has 0 spiro atoms. The number of rotatable bonds is 6. The SMILES string of the molecule is CCc1nc(-c2ccc(C(=O)NCC(=O)Nc3ccc(F)c(Cl)c3)cc2)no1. The predicted octanol–water partition coefficient (Wildman–Crippen LogP) is 3.46. The van der Waals surface area contributed by atoms with Gasteiger partial charge in [-0.1, -0.05) is 35.8 Å². The first kappa shape index (κ1) is 19.5. The van der Waals surface area contributed by atoms with Gasteiger partial charge in [0, 0.05) is 23.2 Å². The lowest BCUT2D eigenvalue weighted by Crippen LogP contribution is -2.32. The third-order valence-corrected chi connectivity index (χ3v) is 4.08. The highest BCUT2D eigenvalue weighted by Gasteiger charge is 2.11. The van der Waals surface area contributed by atoms with E-state index in [1.807, 2.05) is 6.92 Å². The summed E-state index contributed by atoms with van der Waals surface area (Å²) in [5.74, 6) is -0.484. The van der Waals surface area contributed by atoms with Crippen molar-refractivity contribution in [3.63, 3.8) is 0 Å². The molecule has 0 aliphatic rings. The van der Waals surface area contributed by atoms with Gasteiger partial charge in [0.25, 0.3) is 5.91 Å². The van der Waals surface area contributed by atoms with Crippen LogP contribution < -0.4 is 10.6 Å². The molecule has 7 nitrogen and oxygen atoms in total. The first-order valence-electron chi connectivity index (χ1n) is 8.42. The first-order chi connectivity index (χ1) is 13.5. The minimum atomic E-state index is -0.580. The molecule has 1 aromatic heterocycles. The molecule has 0 saturated heterocycles. The van der Waals surface area contributed by atoms with Crippen molar-refractivity contribution in [2.45, 2.75) is 13.3 Å².